The Morgan fingerprint density at radius 3 is 2.15 bits per heavy atom. The first kappa shape index (κ1) is 27.9. The van der Waals surface area contributed by atoms with Crippen molar-refractivity contribution in [2.24, 2.45) is 11.8 Å². The number of hydrogen-bond acceptors (Lipinski definition) is 10. The molecule has 0 spiro atoms. The van der Waals surface area contributed by atoms with Gasteiger partial charge in [-0.05, 0) is 24.7 Å². The zero-order valence-corrected chi connectivity index (χ0v) is 19.2. The molecule has 2 saturated heterocycles. The Hall–Kier alpha value is -2.32. The molecule has 0 amide bonds. The third kappa shape index (κ3) is 4.38. The maximum atomic E-state index is 12.6. The van der Waals surface area contributed by atoms with Gasteiger partial charge in [0.1, 0.15) is 6.10 Å². The molecule has 13 heteroatoms. The highest BCUT2D eigenvalue weighted by atomic mass is 16.8. The average Bonchev–Trinajstić information content (AvgIpc) is 2.96. The summed E-state index contributed by atoms with van der Waals surface area (Å²) in [5, 5.41) is 60.3. The second-order valence-electron chi connectivity index (χ2n) is 9.08. The van der Waals surface area contributed by atoms with Gasteiger partial charge in [0.15, 0.2) is 6.10 Å². The van der Waals surface area contributed by atoms with Gasteiger partial charge in [-0.3, -0.25) is 4.79 Å². The molecule has 194 valence electrons. The lowest BCUT2D eigenvalue weighted by Crippen LogP contribution is -2.78. The maximum Gasteiger partial charge on any atom is 0.344 e. The van der Waals surface area contributed by atoms with E-state index in [-0.39, 0.29) is 12.3 Å². The predicted molar refractivity (Wildman–Crippen MR) is 109 cm³/mol. The van der Waals surface area contributed by atoms with Gasteiger partial charge in [0, 0.05) is 19.4 Å². The fraction of sp³-hybridized carbons (Fsp3) is 0.810. The van der Waals surface area contributed by atoms with Gasteiger partial charge in [-0.15, -0.1) is 0 Å². The highest BCUT2D eigenvalue weighted by Crippen LogP contribution is 2.55. The Bertz CT molecular complexity index is 814. The molecule has 8 atom stereocenters. The minimum Gasteiger partial charge on any atom is -0.479 e. The average molecular weight is 492 g/mol. The maximum absolute atomic E-state index is 12.6. The van der Waals surface area contributed by atoms with Crippen molar-refractivity contribution in [1.29, 1.82) is 0 Å². The number of hydrogen-bond donors (Lipinski definition) is 6. The lowest BCUT2D eigenvalue weighted by Gasteiger charge is -2.48. The number of rotatable bonds is 12. The highest BCUT2D eigenvalue weighted by Gasteiger charge is 2.85. The molecule has 34 heavy (non-hydrogen) atoms. The Balaban J connectivity index is 2.46. The van der Waals surface area contributed by atoms with E-state index in [1.54, 1.807) is 0 Å². The summed E-state index contributed by atoms with van der Waals surface area (Å²) in [7, 11) is 0. The molecule has 0 aromatic carbocycles. The summed E-state index contributed by atoms with van der Waals surface area (Å²) in [4.78, 5) is 48.8. The highest BCUT2D eigenvalue weighted by molar-refractivity contribution is 5.98. The molecular formula is C21H32O13. The first-order chi connectivity index (χ1) is 15.7. The Labute approximate surface area is 195 Å². The van der Waals surface area contributed by atoms with Crippen molar-refractivity contribution in [3.05, 3.63) is 0 Å². The smallest absolute Gasteiger partial charge is 0.344 e. The van der Waals surface area contributed by atoms with Crippen LogP contribution in [0.3, 0.4) is 0 Å². The van der Waals surface area contributed by atoms with Crippen LogP contribution in [0, 0.1) is 11.8 Å². The fourth-order valence-electron chi connectivity index (χ4n) is 4.64. The standard InChI is InChI=1S/C21H32O13/c1-4-10(2)9-11(3)5-6-12(23)32-14-13(24)19(7-8-22)33-15(16(25)26)20(31,17(27)28)21(14,34-19)18(29)30/h10-11,13-15,22,24,31H,4-9H2,1-3H3,(H,25,26)(H,27,28)(H,29,30)/t10-,11+,13+,14+,15+,19-,20+,21-/m0/s1. The number of carboxylic acid groups (broad SMARTS) is 3. The van der Waals surface area contributed by atoms with Crippen molar-refractivity contribution in [3.8, 4) is 0 Å². The van der Waals surface area contributed by atoms with E-state index in [4.69, 9.17) is 14.2 Å². The Morgan fingerprint density at radius 1 is 1.06 bits per heavy atom. The molecule has 0 aromatic heterocycles. The summed E-state index contributed by atoms with van der Waals surface area (Å²) >= 11 is 0. The van der Waals surface area contributed by atoms with E-state index in [9.17, 15) is 49.8 Å². The van der Waals surface area contributed by atoms with Crippen LogP contribution in [0.25, 0.3) is 0 Å². The molecule has 0 saturated carbocycles. The van der Waals surface area contributed by atoms with Crippen molar-refractivity contribution in [3.63, 3.8) is 0 Å². The van der Waals surface area contributed by atoms with Crippen molar-refractivity contribution in [1.82, 2.24) is 0 Å². The molecular weight excluding hydrogens is 460 g/mol. The Kier molecular flexibility index (Phi) is 8.31. The number of carbonyl (C=O) groups is 4. The molecule has 13 nitrogen and oxygen atoms in total. The second kappa shape index (κ2) is 10.1. The second-order valence-corrected chi connectivity index (χ2v) is 9.08. The summed E-state index contributed by atoms with van der Waals surface area (Å²) in [5.74, 6) is -9.72. The first-order valence-corrected chi connectivity index (χ1v) is 11.0. The first-order valence-electron chi connectivity index (χ1n) is 11.0. The number of esters is 1. The summed E-state index contributed by atoms with van der Waals surface area (Å²) < 4.78 is 15.5. The number of aliphatic carboxylic acids is 3. The van der Waals surface area contributed by atoms with E-state index in [0.29, 0.717) is 12.3 Å². The normalized spacial score (nSPS) is 36.5. The van der Waals surface area contributed by atoms with Crippen LogP contribution in [-0.2, 0) is 33.4 Å². The number of carboxylic acids is 3. The molecule has 2 bridgehead atoms. The van der Waals surface area contributed by atoms with Crippen LogP contribution in [0.15, 0.2) is 0 Å². The number of carbonyl (C=O) groups excluding carboxylic acids is 1. The molecule has 2 fully saturated rings. The Morgan fingerprint density at radius 2 is 1.68 bits per heavy atom. The molecule has 0 aromatic rings. The van der Waals surface area contributed by atoms with Crippen LogP contribution in [0.1, 0.15) is 52.9 Å². The molecule has 2 aliphatic heterocycles. The summed E-state index contributed by atoms with van der Waals surface area (Å²) in [6, 6.07) is 0. The predicted octanol–water partition coefficient (Wildman–Crippen LogP) is -0.657. The number of ether oxygens (including phenoxy) is 3. The number of fused-ring (bicyclic) bond motifs is 2. The molecule has 0 unspecified atom stereocenters. The van der Waals surface area contributed by atoms with Crippen LogP contribution in [0.5, 0.6) is 0 Å². The SMILES string of the molecule is CC[C@H](C)C[C@H](C)CCC(=O)O[C@@H]1[C@@H](O)[C@@]2(CCO)O[C@H](C(=O)O)[C@@](O)(C(=O)O)[C@]1(C(=O)O)O2. The van der Waals surface area contributed by atoms with Crippen LogP contribution >= 0.6 is 0 Å². The van der Waals surface area contributed by atoms with Crippen molar-refractivity contribution < 1.29 is 64.0 Å². The van der Waals surface area contributed by atoms with E-state index >= 15 is 0 Å². The molecule has 6 N–H and O–H groups in total. The topological polar surface area (TPSA) is 217 Å². The van der Waals surface area contributed by atoms with Gasteiger partial charge in [0.05, 0.1) is 0 Å². The minimum atomic E-state index is -3.81. The minimum absolute atomic E-state index is 0.0938. The molecule has 2 aliphatic rings. The number of aliphatic hydroxyl groups excluding tert-OH is 2. The van der Waals surface area contributed by atoms with Gasteiger partial charge in [-0.25, -0.2) is 14.4 Å². The lowest BCUT2D eigenvalue weighted by molar-refractivity contribution is -0.375. The van der Waals surface area contributed by atoms with E-state index in [0.717, 1.165) is 12.8 Å². The molecule has 2 heterocycles. The van der Waals surface area contributed by atoms with Crippen LogP contribution in [0.2, 0.25) is 0 Å². The molecule has 0 aliphatic carbocycles. The van der Waals surface area contributed by atoms with Gasteiger partial charge in [0.2, 0.25) is 23.1 Å². The van der Waals surface area contributed by atoms with E-state index < -0.39 is 72.2 Å². The van der Waals surface area contributed by atoms with Gasteiger partial charge in [-0.1, -0.05) is 27.2 Å². The molecule has 0 radical (unpaired) electrons. The fourth-order valence-corrected chi connectivity index (χ4v) is 4.64. The van der Waals surface area contributed by atoms with E-state index in [1.165, 1.54) is 0 Å². The summed E-state index contributed by atoms with van der Waals surface area (Å²) in [6.07, 6.45) is -6.19. The zero-order chi connectivity index (χ0) is 26.1. The van der Waals surface area contributed by atoms with E-state index in [1.807, 2.05) is 20.8 Å². The largest absolute Gasteiger partial charge is 0.479 e. The van der Waals surface area contributed by atoms with Crippen molar-refractivity contribution in [2.75, 3.05) is 6.61 Å². The molecule has 2 rings (SSSR count). The van der Waals surface area contributed by atoms with Gasteiger partial charge >= 0.3 is 23.9 Å². The monoisotopic (exact) mass is 492 g/mol. The van der Waals surface area contributed by atoms with Crippen LogP contribution in [0.4, 0.5) is 0 Å². The third-order valence-corrected chi connectivity index (χ3v) is 6.66. The van der Waals surface area contributed by atoms with Crippen molar-refractivity contribution in [2.45, 2.75) is 88.2 Å². The summed E-state index contributed by atoms with van der Waals surface area (Å²) in [5.41, 5.74) is -7.26. The van der Waals surface area contributed by atoms with Gasteiger partial charge < -0.3 is 44.8 Å². The van der Waals surface area contributed by atoms with Crippen molar-refractivity contribution >= 4 is 23.9 Å². The van der Waals surface area contributed by atoms with Gasteiger partial charge in [-0.2, -0.15) is 0 Å². The summed E-state index contributed by atoms with van der Waals surface area (Å²) in [6.45, 7) is 5.17. The zero-order valence-electron chi connectivity index (χ0n) is 19.2. The van der Waals surface area contributed by atoms with Crippen LogP contribution in [-0.4, -0.2) is 96.4 Å². The quantitative estimate of drug-likeness (QED) is 0.187. The van der Waals surface area contributed by atoms with Gasteiger partial charge in [0.25, 0.3) is 0 Å². The third-order valence-electron chi connectivity index (χ3n) is 6.66. The van der Waals surface area contributed by atoms with Crippen LogP contribution < -0.4 is 0 Å². The number of aliphatic hydroxyl groups is 3. The lowest BCUT2D eigenvalue weighted by atomic mass is 9.74. The van der Waals surface area contributed by atoms with E-state index in [2.05, 4.69) is 0 Å².